The van der Waals surface area contributed by atoms with Crippen molar-refractivity contribution >= 4 is 22.8 Å². The molecule has 0 saturated carbocycles. The van der Waals surface area contributed by atoms with Gasteiger partial charge in [-0.05, 0) is 6.07 Å². The van der Waals surface area contributed by atoms with Crippen molar-refractivity contribution in [2.24, 2.45) is 5.73 Å². The Morgan fingerprint density at radius 3 is 2.72 bits per heavy atom. The first-order valence-corrected chi connectivity index (χ1v) is 5.32. The number of benzene rings is 1. The Morgan fingerprint density at radius 2 is 2.06 bits per heavy atom. The molecule has 0 aliphatic carbocycles. The number of furan rings is 1. The van der Waals surface area contributed by atoms with Crippen molar-refractivity contribution in [1.82, 2.24) is 5.32 Å². The maximum Gasteiger partial charge on any atom is 0.339 e. The van der Waals surface area contributed by atoms with Crippen LogP contribution in [0.1, 0.15) is 16.1 Å². The van der Waals surface area contributed by atoms with E-state index < -0.39 is 11.9 Å². The van der Waals surface area contributed by atoms with Crippen LogP contribution in [-0.2, 0) is 11.3 Å². The number of fused-ring (bicyclic) bond motifs is 1. The van der Waals surface area contributed by atoms with Crippen LogP contribution in [0.5, 0.6) is 0 Å². The second kappa shape index (κ2) is 4.89. The highest BCUT2D eigenvalue weighted by Crippen LogP contribution is 2.25. The largest absolute Gasteiger partial charge is 0.478 e. The van der Waals surface area contributed by atoms with E-state index in [1.807, 2.05) is 0 Å². The number of nitrogens with one attached hydrogen (secondary N) is 1. The van der Waals surface area contributed by atoms with Crippen LogP contribution in [-0.4, -0.2) is 23.5 Å². The molecule has 4 N–H and O–H groups in total. The van der Waals surface area contributed by atoms with E-state index >= 15 is 0 Å². The Kier molecular flexibility index (Phi) is 3.29. The zero-order valence-corrected chi connectivity index (χ0v) is 9.47. The first-order valence-electron chi connectivity index (χ1n) is 5.32. The molecule has 0 unspecified atom stereocenters. The molecule has 0 bridgehead atoms. The summed E-state index contributed by atoms with van der Waals surface area (Å²) in [5.74, 6) is -1.29. The maximum absolute atomic E-state index is 11.2. The molecule has 6 nitrogen and oxygen atoms in total. The first-order chi connectivity index (χ1) is 8.59. The predicted octanol–water partition coefficient (Wildman–Crippen LogP) is 0.706. The summed E-state index contributed by atoms with van der Waals surface area (Å²) in [6, 6.07) is 6.88. The molecule has 1 amide bonds. The van der Waals surface area contributed by atoms with Crippen molar-refractivity contribution in [3.05, 3.63) is 35.6 Å². The molecule has 0 atom stereocenters. The highest BCUT2D eigenvalue weighted by molar-refractivity contribution is 6.03. The zero-order valence-electron chi connectivity index (χ0n) is 9.47. The minimum absolute atomic E-state index is 0.0316. The molecule has 2 rings (SSSR count). The molecule has 0 spiro atoms. The molecule has 1 heterocycles. The van der Waals surface area contributed by atoms with Gasteiger partial charge in [-0.2, -0.15) is 0 Å². The van der Waals surface area contributed by atoms with Gasteiger partial charge in [0.15, 0.2) is 0 Å². The predicted molar refractivity (Wildman–Crippen MR) is 64.1 cm³/mol. The number of primary amides is 1. The number of rotatable bonds is 5. The van der Waals surface area contributed by atoms with Gasteiger partial charge in [0.1, 0.15) is 16.9 Å². The van der Waals surface area contributed by atoms with Crippen molar-refractivity contribution in [1.29, 1.82) is 0 Å². The Labute approximate surface area is 102 Å². The van der Waals surface area contributed by atoms with E-state index in [0.717, 1.165) is 0 Å². The van der Waals surface area contributed by atoms with Gasteiger partial charge in [0.2, 0.25) is 5.91 Å². The minimum atomic E-state index is -1.06. The smallest absolute Gasteiger partial charge is 0.339 e. The third kappa shape index (κ3) is 2.33. The molecular formula is C12H12N2O4. The van der Waals surface area contributed by atoms with Crippen molar-refractivity contribution in [3.8, 4) is 0 Å². The van der Waals surface area contributed by atoms with Gasteiger partial charge in [0.25, 0.3) is 0 Å². The van der Waals surface area contributed by atoms with Gasteiger partial charge in [0, 0.05) is 5.39 Å². The lowest BCUT2D eigenvalue weighted by Gasteiger charge is -2.00. The van der Waals surface area contributed by atoms with Crippen molar-refractivity contribution in [3.63, 3.8) is 0 Å². The van der Waals surface area contributed by atoms with Crippen LogP contribution in [0.2, 0.25) is 0 Å². The number of nitrogens with two attached hydrogens (primary N) is 1. The third-order valence-electron chi connectivity index (χ3n) is 2.47. The fourth-order valence-corrected chi connectivity index (χ4v) is 1.75. The molecule has 6 heteroatoms. The second-order valence-electron chi connectivity index (χ2n) is 3.77. The number of amides is 1. The zero-order chi connectivity index (χ0) is 13.1. The number of carboxylic acids is 1. The summed E-state index contributed by atoms with van der Waals surface area (Å²) >= 11 is 0. The van der Waals surface area contributed by atoms with E-state index in [9.17, 15) is 14.7 Å². The molecule has 1 aromatic heterocycles. The molecule has 2 aromatic rings. The number of aromatic carboxylic acids is 1. The SMILES string of the molecule is NC(=O)CNCc1oc2ccccc2c1C(=O)O. The molecule has 94 valence electrons. The van der Waals surface area contributed by atoms with E-state index in [-0.39, 0.29) is 24.4 Å². The summed E-state index contributed by atoms with van der Waals surface area (Å²) < 4.78 is 5.45. The summed E-state index contributed by atoms with van der Waals surface area (Å²) in [7, 11) is 0. The molecule has 0 radical (unpaired) electrons. The molecule has 0 aliphatic rings. The van der Waals surface area contributed by atoms with Gasteiger partial charge < -0.3 is 20.6 Å². The quantitative estimate of drug-likeness (QED) is 0.722. The topological polar surface area (TPSA) is 106 Å². The van der Waals surface area contributed by atoms with Gasteiger partial charge in [-0.3, -0.25) is 4.79 Å². The second-order valence-corrected chi connectivity index (χ2v) is 3.77. The fourth-order valence-electron chi connectivity index (χ4n) is 1.75. The third-order valence-corrected chi connectivity index (χ3v) is 2.47. The Hall–Kier alpha value is -2.34. The van der Waals surface area contributed by atoms with Crippen molar-refractivity contribution < 1.29 is 19.1 Å². The highest BCUT2D eigenvalue weighted by atomic mass is 16.4. The number of hydrogen-bond acceptors (Lipinski definition) is 4. The molecule has 0 aliphatic heterocycles. The number of para-hydroxylation sites is 1. The van der Waals surface area contributed by atoms with Crippen LogP contribution in [0.4, 0.5) is 0 Å². The van der Waals surface area contributed by atoms with Gasteiger partial charge in [-0.25, -0.2) is 4.79 Å². The van der Waals surface area contributed by atoms with E-state index in [1.54, 1.807) is 24.3 Å². The van der Waals surface area contributed by atoms with Crippen LogP contribution in [0.3, 0.4) is 0 Å². The summed E-state index contributed by atoms with van der Waals surface area (Å²) in [4.78, 5) is 21.8. The lowest BCUT2D eigenvalue weighted by Crippen LogP contribution is -2.28. The molecular weight excluding hydrogens is 236 g/mol. The molecule has 18 heavy (non-hydrogen) atoms. The van der Waals surface area contributed by atoms with E-state index in [0.29, 0.717) is 11.0 Å². The van der Waals surface area contributed by atoms with Crippen molar-refractivity contribution in [2.45, 2.75) is 6.54 Å². The lowest BCUT2D eigenvalue weighted by atomic mass is 10.1. The summed E-state index contributed by atoms with van der Waals surface area (Å²) in [5.41, 5.74) is 5.60. The summed E-state index contributed by atoms with van der Waals surface area (Å²) in [5, 5.41) is 12.4. The van der Waals surface area contributed by atoms with E-state index in [1.165, 1.54) is 0 Å². The number of carboxylic acid groups (broad SMARTS) is 1. The fraction of sp³-hybridized carbons (Fsp3) is 0.167. The van der Waals surface area contributed by atoms with Crippen LogP contribution in [0, 0.1) is 0 Å². The van der Waals surface area contributed by atoms with Crippen LogP contribution < -0.4 is 11.1 Å². The van der Waals surface area contributed by atoms with Crippen molar-refractivity contribution in [2.75, 3.05) is 6.54 Å². The van der Waals surface area contributed by atoms with Gasteiger partial charge >= 0.3 is 5.97 Å². The monoisotopic (exact) mass is 248 g/mol. The molecule has 1 aromatic carbocycles. The van der Waals surface area contributed by atoms with Gasteiger partial charge in [-0.1, -0.05) is 18.2 Å². The van der Waals surface area contributed by atoms with E-state index in [2.05, 4.69) is 5.32 Å². The average molecular weight is 248 g/mol. The highest BCUT2D eigenvalue weighted by Gasteiger charge is 2.19. The molecule has 0 saturated heterocycles. The molecule has 0 fully saturated rings. The summed E-state index contributed by atoms with van der Waals surface area (Å²) in [6.07, 6.45) is 0. The Bertz CT molecular complexity index is 603. The standard InChI is InChI=1S/C12H12N2O4/c13-10(15)6-14-5-9-11(12(16)17)7-3-1-2-4-8(7)18-9/h1-4,14H,5-6H2,(H2,13,15)(H,16,17). The lowest BCUT2D eigenvalue weighted by molar-refractivity contribution is -0.117. The Balaban J connectivity index is 2.34. The van der Waals surface area contributed by atoms with E-state index in [4.69, 9.17) is 10.2 Å². The maximum atomic E-state index is 11.2. The first kappa shape index (κ1) is 12.1. The van der Waals surface area contributed by atoms with Crippen LogP contribution in [0.25, 0.3) is 11.0 Å². The Morgan fingerprint density at radius 1 is 1.33 bits per heavy atom. The minimum Gasteiger partial charge on any atom is -0.478 e. The van der Waals surface area contributed by atoms with Crippen LogP contribution >= 0.6 is 0 Å². The number of carbonyl (C=O) groups excluding carboxylic acids is 1. The van der Waals surface area contributed by atoms with Gasteiger partial charge in [0.05, 0.1) is 13.1 Å². The average Bonchev–Trinajstić information content (AvgIpc) is 2.66. The summed E-state index contributed by atoms with van der Waals surface area (Å²) in [6.45, 7) is 0.107. The number of carbonyl (C=O) groups is 2. The number of hydrogen-bond donors (Lipinski definition) is 3. The van der Waals surface area contributed by atoms with Gasteiger partial charge in [-0.15, -0.1) is 0 Å². The van der Waals surface area contributed by atoms with Crippen LogP contribution in [0.15, 0.2) is 28.7 Å². The normalized spacial score (nSPS) is 10.7.